The summed E-state index contributed by atoms with van der Waals surface area (Å²) >= 11 is 0. The molecule has 1 aromatic heterocycles. The van der Waals surface area contributed by atoms with Crippen LogP contribution in [0.2, 0.25) is 0 Å². The van der Waals surface area contributed by atoms with E-state index >= 15 is 0 Å². The third-order valence-corrected chi connectivity index (χ3v) is 6.83. The van der Waals surface area contributed by atoms with Crippen LogP contribution in [0.15, 0.2) is 12.3 Å². The third-order valence-electron chi connectivity index (χ3n) is 6.83. The average molecular weight is 376 g/mol. The van der Waals surface area contributed by atoms with E-state index in [0.29, 0.717) is 12.0 Å². The van der Waals surface area contributed by atoms with E-state index in [2.05, 4.69) is 25.1 Å². The Morgan fingerprint density at radius 2 is 2.15 bits per heavy atom. The van der Waals surface area contributed by atoms with Crippen molar-refractivity contribution in [1.29, 1.82) is 0 Å². The van der Waals surface area contributed by atoms with E-state index in [-0.39, 0.29) is 5.41 Å². The van der Waals surface area contributed by atoms with Gasteiger partial charge in [0.05, 0.1) is 19.8 Å². The van der Waals surface area contributed by atoms with Gasteiger partial charge < -0.3 is 19.7 Å². The first-order valence-electron chi connectivity index (χ1n) is 10.3. The molecule has 0 spiro atoms. The van der Waals surface area contributed by atoms with Gasteiger partial charge in [0.1, 0.15) is 5.82 Å². The number of nitrogens with one attached hydrogen (secondary N) is 1. The zero-order valence-corrected chi connectivity index (χ0v) is 16.7. The fourth-order valence-electron chi connectivity index (χ4n) is 5.37. The molecule has 2 aliphatic heterocycles. The molecule has 4 rings (SSSR count). The Balaban J connectivity index is 1.48. The largest absolute Gasteiger partial charge is 0.384 e. The molecule has 3 unspecified atom stereocenters. The maximum absolute atomic E-state index is 5.74. The maximum Gasteiger partial charge on any atom is 0.227 e. The lowest BCUT2D eigenvalue weighted by molar-refractivity contribution is -0.0541. The monoisotopic (exact) mass is 375 g/mol. The van der Waals surface area contributed by atoms with Crippen LogP contribution in [-0.4, -0.2) is 81.1 Å². The zero-order valence-electron chi connectivity index (χ0n) is 16.7. The quantitative estimate of drug-likeness (QED) is 0.843. The van der Waals surface area contributed by atoms with Crippen molar-refractivity contribution < 1.29 is 9.47 Å². The Hall–Kier alpha value is -1.44. The van der Waals surface area contributed by atoms with E-state index in [9.17, 15) is 0 Å². The van der Waals surface area contributed by atoms with Gasteiger partial charge in [-0.1, -0.05) is 0 Å². The SMILES string of the molecule is CNc1ccnc(N2CCC3CC(N4CCOCC4)CCC3(COC)C2)n1. The Kier molecular flexibility index (Phi) is 5.80. The van der Waals surface area contributed by atoms with Crippen LogP contribution in [0.5, 0.6) is 0 Å². The summed E-state index contributed by atoms with van der Waals surface area (Å²) in [6, 6.07) is 2.62. The summed E-state index contributed by atoms with van der Waals surface area (Å²) in [5.74, 6) is 2.42. The molecule has 1 aliphatic carbocycles. The van der Waals surface area contributed by atoms with Gasteiger partial charge in [-0.3, -0.25) is 4.90 Å². The minimum atomic E-state index is 0.217. The lowest BCUT2D eigenvalue weighted by atomic mass is 9.62. The second-order valence-corrected chi connectivity index (χ2v) is 8.27. The molecular weight excluding hydrogens is 342 g/mol. The smallest absolute Gasteiger partial charge is 0.227 e. The van der Waals surface area contributed by atoms with Crippen LogP contribution in [0.4, 0.5) is 11.8 Å². The molecule has 1 N–H and O–H groups in total. The van der Waals surface area contributed by atoms with E-state index in [0.717, 1.165) is 57.8 Å². The van der Waals surface area contributed by atoms with Crippen molar-refractivity contribution in [3.63, 3.8) is 0 Å². The van der Waals surface area contributed by atoms with Crippen molar-refractivity contribution in [2.45, 2.75) is 31.7 Å². The van der Waals surface area contributed by atoms with Gasteiger partial charge in [-0.2, -0.15) is 4.98 Å². The minimum absolute atomic E-state index is 0.217. The summed E-state index contributed by atoms with van der Waals surface area (Å²) in [4.78, 5) is 14.2. The summed E-state index contributed by atoms with van der Waals surface area (Å²) in [6.45, 7) is 6.80. The fourth-order valence-corrected chi connectivity index (χ4v) is 5.37. The molecule has 3 aliphatic rings. The van der Waals surface area contributed by atoms with Gasteiger partial charge in [0, 0.05) is 58.0 Å². The highest BCUT2D eigenvalue weighted by molar-refractivity contribution is 5.41. The number of rotatable bonds is 5. The van der Waals surface area contributed by atoms with E-state index < -0.39 is 0 Å². The number of aromatic nitrogens is 2. The molecule has 0 amide bonds. The lowest BCUT2D eigenvalue weighted by Gasteiger charge is -2.54. The number of piperidine rings is 1. The topological polar surface area (TPSA) is 62.8 Å². The molecule has 1 aromatic rings. The average Bonchev–Trinajstić information content (AvgIpc) is 2.74. The first-order valence-corrected chi connectivity index (χ1v) is 10.3. The highest BCUT2D eigenvalue weighted by atomic mass is 16.5. The van der Waals surface area contributed by atoms with Crippen LogP contribution in [0, 0.1) is 11.3 Å². The number of fused-ring (bicyclic) bond motifs is 1. The van der Waals surface area contributed by atoms with Gasteiger partial charge in [0.15, 0.2) is 0 Å². The number of methoxy groups -OCH3 is 1. The predicted molar refractivity (Wildman–Crippen MR) is 106 cm³/mol. The number of anilines is 2. The summed E-state index contributed by atoms with van der Waals surface area (Å²) in [7, 11) is 3.74. The van der Waals surface area contributed by atoms with Crippen LogP contribution < -0.4 is 10.2 Å². The fraction of sp³-hybridized carbons (Fsp3) is 0.800. The molecule has 27 heavy (non-hydrogen) atoms. The molecule has 3 fully saturated rings. The number of nitrogens with zero attached hydrogens (tertiary/aromatic N) is 4. The second-order valence-electron chi connectivity index (χ2n) is 8.27. The summed E-state index contributed by atoms with van der Waals surface area (Å²) in [5.41, 5.74) is 0.217. The number of morpholine rings is 1. The maximum atomic E-state index is 5.74. The van der Waals surface area contributed by atoms with E-state index in [4.69, 9.17) is 9.47 Å². The van der Waals surface area contributed by atoms with Crippen LogP contribution in [-0.2, 0) is 9.47 Å². The van der Waals surface area contributed by atoms with Crippen LogP contribution in [0.3, 0.4) is 0 Å². The predicted octanol–water partition coefficient (Wildman–Crippen LogP) is 1.86. The molecule has 7 nitrogen and oxygen atoms in total. The molecule has 2 saturated heterocycles. The molecule has 3 atom stereocenters. The highest BCUT2D eigenvalue weighted by Gasteiger charge is 2.48. The van der Waals surface area contributed by atoms with Crippen LogP contribution >= 0.6 is 0 Å². The van der Waals surface area contributed by atoms with Gasteiger partial charge in [-0.15, -0.1) is 0 Å². The molecule has 1 saturated carbocycles. The van der Waals surface area contributed by atoms with Gasteiger partial charge in [-0.25, -0.2) is 4.98 Å². The van der Waals surface area contributed by atoms with Gasteiger partial charge in [0.25, 0.3) is 0 Å². The Bertz CT molecular complexity index is 624. The number of ether oxygens (including phenoxy) is 2. The van der Waals surface area contributed by atoms with Gasteiger partial charge in [-0.05, 0) is 37.7 Å². The van der Waals surface area contributed by atoms with Gasteiger partial charge in [0.2, 0.25) is 5.95 Å². The van der Waals surface area contributed by atoms with Crippen molar-refractivity contribution in [2.24, 2.45) is 11.3 Å². The first kappa shape index (κ1) is 18.9. The Morgan fingerprint density at radius 3 is 2.93 bits per heavy atom. The molecule has 0 radical (unpaired) electrons. The molecular formula is C20H33N5O2. The normalized spacial score (nSPS) is 32.1. The second kappa shape index (κ2) is 8.29. The zero-order chi connectivity index (χ0) is 18.7. The molecule has 150 valence electrons. The summed E-state index contributed by atoms with van der Waals surface area (Å²) < 4.78 is 11.3. The van der Waals surface area contributed by atoms with E-state index in [1.807, 2.05) is 26.4 Å². The molecule has 0 bridgehead atoms. The van der Waals surface area contributed by atoms with Crippen molar-refractivity contribution in [3.05, 3.63) is 12.3 Å². The van der Waals surface area contributed by atoms with E-state index in [1.54, 1.807) is 0 Å². The van der Waals surface area contributed by atoms with Crippen molar-refractivity contribution in [1.82, 2.24) is 14.9 Å². The highest BCUT2D eigenvalue weighted by Crippen LogP contribution is 2.48. The summed E-state index contributed by atoms with van der Waals surface area (Å²) in [6.07, 6.45) is 6.80. The third kappa shape index (κ3) is 3.91. The van der Waals surface area contributed by atoms with Crippen molar-refractivity contribution in [3.8, 4) is 0 Å². The van der Waals surface area contributed by atoms with E-state index in [1.165, 1.54) is 25.7 Å². The van der Waals surface area contributed by atoms with Gasteiger partial charge >= 0.3 is 0 Å². The molecule has 7 heteroatoms. The summed E-state index contributed by atoms with van der Waals surface area (Å²) in [5, 5.41) is 3.12. The first-order chi connectivity index (χ1) is 13.2. The Morgan fingerprint density at radius 1 is 1.30 bits per heavy atom. The lowest BCUT2D eigenvalue weighted by Crippen LogP contribution is -2.57. The van der Waals surface area contributed by atoms with Crippen LogP contribution in [0.1, 0.15) is 25.7 Å². The van der Waals surface area contributed by atoms with Crippen molar-refractivity contribution in [2.75, 3.05) is 70.4 Å². The molecule has 0 aromatic carbocycles. The van der Waals surface area contributed by atoms with Crippen molar-refractivity contribution >= 4 is 11.8 Å². The Labute approximate surface area is 162 Å². The number of hydrogen-bond donors (Lipinski definition) is 1. The number of hydrogen-bond acceptors (Lipinski definition) is 7. The minimum Gasteiger partial charge on any atom is -0.384 e. The molecule has 3 heterocycles. The standard InChI is InChI=1S/C20H33N5O2/c1-21-18-4-7-22-19(23-18)25-8-5-16-13-17(24-9-11-27-12-10-24)3-6-20(16,14-25)15-26-2/h4,7,16-17H,3,5-6,8-15H2,1-2H3,(H,21,22,23). The van der Waals surface area contributed by atoms with Crippen LogP contribution in [0.25, 0.3) is 0 Å².